The van der Waals surface area contributed by atoms with E-state index in [4.69, 9.17) is 0 Å². The van der Waals surface area contributed by atoms with E-state index in [-0.39, 0.29) is 5.54 Å². The summed E-state index contributed by atoms with van der Waals surface area (Å²) in [7, 11) is -1.33. The molecule has 5 nitrogen and oxygen atoms in total. The Hall–Kier alpha value is -0.170. The summed E-state index contributed by atoms with van der Waals surface area (Å²) in [6, 6.07) is 0. The van der Waals surface area contributed by atoms with Gasteiger partial charge in [0.1, 0.15) is 0 Å². The van der Waals surface area contributed by atoms with Crippen LogP contribution in [0.1, 0.15) is 39.0 Å². The van der Waals surface area contributed by atoms with Gasteiger partial charge in [0.25, 0.3) is 10.2 Å². The van der Waals surface area contributed by atoms with Crippen LogP contribution in [0.5, 0.6) is 0 Å². The van der Waals surface area contributed by atoms with Crippen molar-refractivity contribution in [3.63, 3.8) is 0 Å². The van der Waals surface area contributed by atoms with E-state index in [0.29, 0.717) is 19.0 Å². The van der Waals surface area contributed by atoms with Crippen LogP contribution in [-0.2, 0) is 10.2 Å². The van der Waals surface area contributed by atoms with Crippen LogP contribution in [0.15, 0.2) is 0 Å². The molecule has 0 bridgehead atoms. The molecule has 0 atom stereocenters. The molecule has 2 rings (SSSR count). The lowest BCUT2D eigenvalue weighted by Gasteiger charge is -2.41. The average Bonchev–Trinajstić information content (AvgIpc) is 2.28. The molecular formula is C12H25N3O2S. The Morgan fingerprint density at radius 2 is 1.89 bits per heavy atom. The van der Waals surface area contributed by atoms with Crippen molar-refractivity contribution in [2.75, 3.05) is 26.7 Å². The van der Waals surface area contributed by atoms with Crippen LogP contribution in [0.4, 0.5) is 0 Å². The van der Waals surface area contributed by atoms with Crippen molar-refractivity contribution >= 4 is 10.2 Å². The zero-order valence-electron chi connectivity index (χ0n) is 11.4. The molecule has 0 aromatic heterocycles. The van der Waals surface area contributed by atoms with Crippen LogP contribution >= 0.6 is 0 Å². The van der Waals surface area contributed by atoms with Crippen molar-refractivity contribution in [2.24, 2.45) is 5.92 Å². The van der Waals surface area contributed by atoms with Gasteiger partial charge in [0.15, 0.2) is 0 Å². The fourth-order valence-corrected chi connectivity index (χ4v) is 4.48. The first-order chi connectivity index (χ1) is 8.45. The van der Waals surface area contributed by atoms with E-state index >= 15 is 0 Å². The van der Waals surface area contributed by atoms with Crippen LogP contribution in [0.2, 0.25) is 0 Å². The third-order valence-corrected chi connectivity index (χ3v) is 6.03. The Kier molecular flexibility index (Phi) is 4.31. The van der Waals surface area contributed by atoms with E-state index in [2.05, 4.69) is 10.0 Å². The van der Waals surface area contributed by atoms with Crippen molar-refractivity contribution in [2.45, 2.75) is 44.6 Å². The van der Waals surface area contributed by atoms with E-state index in [0.717, 1.165) is 38.6 Å². The molecule has 1 saturated heterocycles. The summed E-state index contributed by atoms with van der Waals surface area (Å²) >= 11 is 0. The smallest absolute Gasteiger partial charge is 0.279 e. The Morgan fingerprint density at radius 3 is 2.33 bits per heavy atom. The second-order valence-corrected chi connectivity index (χ2v) is 7.59. The maximum Gasteiger partial charge on any atom is 0.279 e. The molecule has 2 N–H and O–H groups in total. The van der Waals surface area contributed by atoms with Gasteiger partial charge in [0.2, 0.25) is 0 Å². The predicted molar refractivity (Wildman–Crippen MR) is 72.5 cm³/mol. The zero-order valence-corrected chi connectivity index (χ0v) is 12.2. The molecule has 0 unspecified atom stereocenters. The maximum atomic E-state index is 12.3. The molecule has 0 aromatic carbocycles. The lowest BCUT2D eigenvalue weighted by molar-refractivity contribution is 0.227. The molecule has 6 heteroatoms. The minimum absolute atomic E-state index is 0.194. The van der Waals surface area contributed by atoms with Gasteiger partial charge in [-0.1, -0.05) is 0 Å². The number of hydrogen-bond donors (Lipinski definition) is 2. The largest absolute Gasteiger partial charge is 0.319 e. The Labute approximate surface area is 110 Å². The average molecular weight is 275 g/mol. The molecule has 18 heavy (non-hydrogen) atoms. The van der Waals surface area contributed by atoms with Crippen LogP contribution in [0, 0.1) is 5.92 Å². The molecule has 2 fully saturated rings. The van der Waals surface area contributed by atoms with Gasteiger partial charge in [-0.15, -0.1) is 0 Å². The number of nitrogens with one attached hydrogen (secondary N) is 2. The van der Waals surface area contributed by atoms with Crippen LogP contribution in [-0.4, -0.2) is 44.9 Å². The Morgan fingerprint density at radius 1 is 1.28 bits per heavy atom. The van der Waals surface area contributed by atoms with Gasteiger partial charge >= 0.3 is 0 Å². The monoisotopic (exact) mass is 275 g/mol. The standard InChI is InChI=1S/C12H25N3O2S/c1-12(6-3-7-12)14-18(16,17)15-8-4-11(5-9-15)10-13-2/h11,13-14H,3-10H2,1-2H3. The summed E-state index contributed by atoms with van der Waals surface area (Å²) < 4.78 is 29.0. The summed E-state index contributed by atoms with van der Waals surface area (Å²) in [5, 5.41) is 3.16. The highest BCUT2D eigenvalue weighted by Crippen LogP contribution is 2.32. The SMILES string of the molecule is CNCC1CCN(S(=O)(=O)NC2(C)CCC2)CC1. The van der Waals surface area contributed by atoms with E-state index < -0.39 is 10.2 Å². The Balaban J connectivity index is 1.88. The quantitative estimate of drug-likeness (QED) is 0.776. The third-order valence-electron chi connectivity index (χ3n) is 4.24. The van der Waals surface area contributed by atoms with Gasteiger partial charge in [-0.2, -0.15) is 17.4 Å². The summed E-state index contributed by atoms with van der Waals surface area (Å²) in [6.45, 7) is 4.29. The summed E-state index contributed by atoms with van der Waals surface area (Å²) in [4.78, 5) is 0. The second kappa shape index (κ2) is 5.45. The van der Waals surface area contributed by atoms with E-state index in [1.165, 1.54) is 0 Å². The van der Waals surface area contributed by atoms with Gasteiger partial charge in [0, 0.05) is 18.6 Å². The van der Waals surface area contributed by atoms with Crippen LogP contribution in [0.3, 0.4) is 0 Å². The van der Waals surface area contributed by atoms with Crippen molar-refractivity contribution in [3.05, 3.63) is 0 Å². The first-order valence-electron chi connectivity index (χ1n) is 6.89. The number of piperidine rings is 1. The first-order valence-corrected chi connectivity index (χ1v) is 8.33. The summed E-state index contributed by atoms with van der Waals surface area (Å²) in [5.41, 5.74) is -0.194. The number of rotatable bonds is 5. The number of nitrogens with zero attached hydrogens (tertiary/aromatic N) is 1. The predicted octanol–water partition coefficient (Wildman–Crippen LogP) is 0.695. The zero-order chi connectivity index (χ0) is 13.2. The molecule has 0 spiro atoms. The molecular weight excluding hydrogens is 250 g/mol. The maximum absolute atomic E-state index is 12.3. The van der Waals surface area contributed by atoms with Crippen molar-refractivity contribution in [3.8, 4) is 0 Å². The Bertz CT molecular complexity index is 371. The molecule has 2 aliphatic rings. The highest BCUT2D eigenvalue weighted by atomic mass is 32.2. The summed E-state index contributed by atoms with van der Waals surface area (Å²) in [5.74, 6) is 0.612. The molecule has 1 heterocycles. The van der Waals surface area contributed by atoms with Crippen LogP contribution in [0.25, 0.3) is 0 Å². The highest BCUT2D eigenvalue weighted by molar-refractivity contribution is 7.87. The molecule has 0 aromatic rings. The molecule has 106 valence electrons. The van der Waals surface area contributed by atoms with Crippen molar-refractivity contribution in [1.29, 1.82) is 0 Å². The first kappa shape index (κ1) is 14.2. The van der Waals surface area contributed by atoms with Gasteiger partial charge < -0.3 is 5.32 Å². The second-order valence-electron chi connectivity index (χ2n) is 5.92. The molecule has 0 amide bonds. The molecule has 0 radical (unpaired) electrons. The fraction of sp³-hybridized carbons (Fsp3) is 1.00. The topological polar surface area (TPSA) is 61.4 Å². The number of hydrogen-bond acceptors (Lipinski definition) is 3. The molecule has 1 aliphatic heterocycles. The summed E-state index contributed by atoms with van der Waals surface area (Å²) in [6.07, 6.45) is 4.96. The normalized spacial score (nSPS) is 25.9. The third kappa shape index (κ3) is 3.23. The molecule has 1 aliphatic carbocycles. The highest BCUT2D eigenvalue weighted by Gasteiger charge is 2.38. The van der Waals surface area contributed by atoms with Gasteiger partial charge in [-0.05, 0) is 58.5 Å². The molecule has 1 saturated carbocycles. The lowest BCUT2D eigenvalue weighted by atomic mass is 9.80. The minimum atomic E-state index is -3.28. The van der Waals surface area contributed by atoms with Crippen molar-refractivity contribution < 1.29 is 8.42 Å². The van der Waals surface area contributed by atoms with Crippen LogP contribution < -0.4 is 10.0 Å². The van der Waals surface area contributed by atoms with Crippen molar-refractivity contribution in [1.82, 2.24) is 14.3 Å². The van der Waals surface area contributed by atoms with Gasteiger partial charge in [0.05, 0.1) is 0 Å². The van der Waals surface area contributed by atoms with Gasteiger partial charge in [-0.25, -0.2) is 0 Å². The minimum Gasteiger partial charge on any atom is -0.319 e. The van der Waals surface area contributed by atoms with E-state index in [1.54, 1.807) is 4.31 Å². The van der Waals surface area contributed by atoms with E-state index in [9.17, 15) is 8.42 Å². The van der Waals surface area contributed by atoms with Gasteiger partial charge in [-0.3, -0.25) is 0 Å². The lowest BCUT2D eigenvalue weighted by Crippen LogP contribution is -2.56. The fourth-order valence-electron chi connectivity index (χ4n) is 2.83. The van der Waals surface area contributed by atoms with E-state index in [1.807, 2.05) is 14.0 Å².